The fourth-order valence-electron chi connectivity index (χ4n) is 4.93. The minimum Gasteiger partial charge on any atom is -0.507 e. The average molecular weight is 554 g/mol. The van der Waals surface area contributed by atoms with E-state index in [-0.39, 0.29) is 37.2 Å². The summed E-state index contributed by atoms with van der Waals surface area (Å²) in [6.07, 6.45) is 2.19. The molecule has 0 aromatic heterocycles. The first-order valence-electron chi connectivity index (χ1n) is 13.6. The number of para-hydroxylation sites is 1. The molecule has 0 aliphatic carbocycles. The van der Waals surface area contributed by atoms with E-state index < -0.39 is 12.1 Å². The van der Waals surface area contributed by atoms with Crippen LogP contribution in [-0.2, 0) is 11.4 Å². The first-order valence-corrected chi connectivity index (χ1v) is 13.6. The Morgan fingerprint density at radius 2 is 1.98 bits per heavy atom. The number of likely N-dealkylation sites (N-methyl/N-ethyl adjacent to an activating group) is 1. The van der Waals surface area contributed by atoms with E-state index in [1.165, 1.54) is 0 Å². The second-order valence-corrected chi connectivity index (χ2v) is 10.5. The quantitative estimate of drug-likeness (QED) is 0.274. The number of hydroxylamine groups is 2. The molecule has 40 heavy (non-hydrogen) atoms. The maximum Gasteiger partial charge on any atom is 0.251 e. The number of hydrogen-bond donors (Lipinski definition) is 4. The molecule has 1 saturated heterocycles. The van der Waals surface area contributed by atoms with E-state index >= 15 is 0 Å². The Bertz CT molecular complexity index is 1200. The minimum absolute atomic E-state index is 0.0179. The van der Waals surface area contributed by atoms with Gasteiger partial charge in [-0.1, -0.05) is 36.4 Å². The fourth-order valence-corrected chi connectivity index (χ4v) is 4.93. The van der Waals surface area contributed by atoms with E-state index in [2.05, 4.69) is 10.5 Å². The first kappa shape index (κ1) is 31.0. The standard InChI is InChI=1S/C29H43N7O4/c1-6-8-25(31)27-24(17-33-39)26(16-30)40-36(27)18-19-9-7-10-23(28(19)37)20-13-21(15-22(14-20)35(4)5)29(38)32-11-12-34(2)3/h7-10,13-15,24,26-27,37H,6,11-12,16-18,30-31H2,1-5H3,(H,32,38). The molecule has 218 valence electrons. The van der Waals surface area contributed by atoms with Gasteiger partial charge in [0.05, 0.1) is 25.2 Å². The van der Waals surface area contributed by atoms with Gasteiger partial charge < -0.3 is 31.7 Å². The number of nitrogens with zero attached hydrogens (tertiary/aromatic N) is 4. The maximum atomic E-state index is 13.0. The van der Waals surface area contributed by atoms with Crippen LogP contribution in [0.25, 0.3) is 11.1 Å². The van der Waals surface area contributed by atoms with Crippen molar-refractivity contribution in [3.63, 3.8) is 0 Å². The van der Waals surface area contributed by atoms with Gasteiger partial charge in [0.15, 0.2) is 0 Å². The largest absolute Gasteiger partial charge is 0.507 e. The summed E-state index contributed by atoms with van der Waals surface area (Å²) in [5.41, 5.74) is 16.2. The Morgan fingerprint density at radius 3 is 2.60 bits per heavy atom. The highest BCUT2D eigenvalue weighted by Crippen LogP contribution is 2.38. The van der Waals surface area contributed by atoms with E-state index in [4.69, 9.17) is 16.3 Å². The number of nitrogens with two attached hydrogens (primary N) is 2. The average Bonchev–Trinajstić information content (AvgIpc) is 3.26. The zero-order chi connectivity index (χ0) is 29.4. The third-order valence-electron chi connectivity index (χ3n) is 7.06. The summed E-state index contributed by atoms with van der Waals surface area (Å²) in [6, 6.07) is 10.6. The highest BCUT2D eigenvalue weighted by atomic mass is 16.7. The topological polar surface area (TPSA) is 150 Å². The van der Waals surface area contributed by atoms with E-state index in [1.54, 1.807) is 11.1 Å². The van der Waals surface area contributed by atoms with Crippen molar-refractivity contribution in [2.75, 3.05) is 59.3 Å². The number of nitrogens with one attached hydrogen (secondary N) is 1. The third kappa shape index (κ3) is 7.36. The number of amides is 1. The molecular weight excluding hydrogens is 510 g/mol. The molecule has 2 aromatic carbocycles. The van der Waals surface area contributed by atoms with Crippen LogP contribution < -0.4 is 21.7 Å². The highest BCUT2D eigenvalue weighted by molar-refractivity contribution is 5.97. The first-order chi connectivity index (χ1) is 19.1. The second kappa shape index (κ2) is 14.2. The number of carbonyl (C=O) groups is 1. The predicted molar refractivity (Wildman–Crippen MR) is 159 cm³/mol. The Morgan fingerprint density at radius 1 is 1.23 bits per heavy atom. The van der Waals surface area contributed by atoms with Crippen molar-refractivity contribution in [2.45, 2.75) is 32.0 Å². The van der Waals surface area contributed by atoms with Crippen LogP contribution in [-0.4, -0.2) is 87.5 Å². The van der Waals surface area contributed by atoms with Gasteiger partial charge in [0.25, 0.3) is 5.91 Å². The Hall–Kier alpha value is -3.51. The SMILES string of the molecule is CCC=C(N)C1C(CN=O)C(CN)ON1Cc1cccc(-c2cc(C(=O)NCCN(C)C)cc(N(C)C)c2)c1O. The Balaban J connectivity index is 1.97. The molecule has 1 heterocycles. The third-order valence-corrected chi connectivity index (χ3v) is 7.06. The Labute approximate surface area is 236 Å². The summed E-state index contributed by atoms with van der Waals surface area (Å²) in [6.45, 7) is 3.65. The summed E-state index contributed by atoms with van der Waals surface area (Å²) >= 11 is 0. The fraction of sp³-hybridized carbons (Fsp3) is 0.483. The second-order valence-electron chi connectivity index (χ2n) is 10.5. The van der Waals surface area contributed by atoms with Gasteiger partial charge in [0.1, 0.15) is 5.75 Å². The van der Waals surface area contributed by atoms with Crippen molar-refractivity contribution in [3.05, 3.63) is 64.2 Å². The van der Waals surface area contributed by atoms with Crippen LogP contribution in [0.2, 0.25) is 0 Å². The van der Waals surface area contributed by atoms with E-state index in [0.29, 0.717) is 34.5 Å². The number of hydrogen-bond acceptors (Lipinski definition) is 10. The lowest BCUT2D eigenvalue weighted by Gasteiger charge is -2.26. The van der Waals surface area contributed by atoms with Crippen LogP contribution in [0.15, 0.2) is 53.3 Å². The number of allylic oxidation sites excluding steroid dienone is 1. The van der Waals surface area contributed by atoms with Gasteiger partial charge in [-0.05, 0) is 44.3 Å². The van der Waals surface area contributed by atoms with Crippen LogP contribution in [0, 0.1) is 10.8 Å². The lowest BCUT2D eigenvalue weighted by molar-refractivity contribution is -0.162. The van der Waals surface area contributed by atoms with E-state index in [9.17, 15) is 14.8 Å². The molecule has 0 saturated carbocycles. The van der Waals surface area contributed by atoms with Crippen LogP contribution >= 0.6 is 0 Å². The minimum atomic E-state index is -0.429. The lowest BCUT2D eigenvalue weighted by Crippen LogP contribution is -2.38. The number of phenolic OH excluding ortho intramolecular Hbond substituents is 1. The molecule has 1 amide bonds. The molecule has 1 aliphatic rings. The molecule has 0 radical (unpaired) electrons. The number of carbonyl (C=O) groups excluding carboxylic acids is 1. The van der Waals surface area contributed by atoms with Gasteiger partial charge in [0.2, 0.25) is 0 Å². The lowest BCUT2D eigenvalue weighted by atomic mass is 9.91. The monoisotopic (exact) mass is 553 g/mol. The number of aromatic hydroxyl groups is 1. The van der Waals surface area contributed by atoms with E-state index in [0.717, 1.165) is 18.7 Å². The summed E-state index contributed by atoms with van der Waals surface area (Å²) in [5.74, 6) is -0.420. The van der Waals surface area contributed by atoms with Gasteiger partial charge >= 0.3 is 0 Å². The predicted octanol–water partition coefficient (Wildman–Crippen LogP) is 2.49. The molecule has 3 rings (SSSR count). The molecular formula is C29H43N7O4. The summed E-state index contributed by atoms with van der Waals surface area (Å²) < 4.78 is 0. The van der Waals surface area contributed by atoms with Gasteiger partial charge in [0, 0.05) is 67.7 Å². The van der Waals surface area contributed by atoms with Gasteiger partial charge in [-0.3, -0.25) is 9.63 Å². The molecule has 11 heteroatoms. The van der Waals surface area contributed by atoms with Crippen molar-refractivity contribution < 1.29 is 14.7 Å². The van der Waals surface area contributed by atoms with Crippen molar-refractivity contribution in [1.29, 1.82) is 0 Å². The smallest absolute Gasteiger partial charge is 0.251 e. The zero-order valence-corrected chi connectivity index (χ0v) is 24.1. The van der Waals surface area contributed by atoms with Gasteiger partial charge in [-0.25, -0.2) is 0 Å². The van der Waals surface area contributed by atoms with Crippen LogP contribution in [0.5, 0.6) is 5.75 Å². The number of anilines is 1. The number of phenols is 1. The van der Waals surface area contributed by atoms with E-state index in [1.807, 2.05) is 81.3 Å². The summed E-state index contributed by atoms with van der Waals surface area (Å²) in [4.78, 5) is 34.2. The van der Waals surface area contributed by atoms with Crippen molar-refractivity contribution >= 4 is 11.6 Å². The van der Waals surface area contributed by atoms with Gasteiger partial charge in [-0.2, -0.15) is 9.97 Å². The molecule has 0 bridgehead atoms. The van der Waals surface area contributed by atoms with Crippen LogP contribution in [0.3, 0.4) is 0 Å². The van der Waals surface area contributed by atoms with Crippen LogP contribution in [0.1, 0.15) is 29.3 Å². The molecule has 3 atom stereocenters. The molecule has 2 aromatic rings. The van der Waals surface area contributed by atoms with Crippen molar-refractivity contribution in [3.8, 4) is 16.9 Å². The molecule has 6 N–H and O–H groups in total. The van der Waals surface area contributed by atoms with Gasteiger partial charge in [-0.15, -0.1) is 0 Å². The van der Waals surface area contributed by atoms with Crippen molar-refractivity contribution in [1.82, 2.24) is 15.3 Å². The maximum absolute atomic E-state index is 13.0. The molecule has 11 nitrogen and oxygen atoms in total. The van der Waals surface area contributed by atoms with Crippen molar-refractivity contribution in [2.24, 2.45) is 22.6 Å². The zero-order valence-electron chi connectivity index (χ0n) is 24.1. The molecule has 0 spiro atoms. The summed E-state index contributed by atoms with van der Waals surface area (Å²) in [7, 11) is 7.71. The molecule has 3 unspecified atom stereocenters. The number of nitroso groups, excluding NO2 is 1. The molecule has 1 fully saturated rings. The number of benzene rings is 2. The normalized spacial score (nSPS) is 19.7. The summed E-state index contributed by atoms with van der Waals surface area (Å²) in [5, 5.41) is 19.2. The highest BCUT2D eigenvalue weighted by Gasteiger charge is 2.44. The number of rotatable bonds is 13. The Kier molecular flexibility index (Phi) is 11.0. The molecule has 1 aliphatic heterocycles. The van der Waals surface area contributed by atoms with Crippen LogP contribution in [0.4, 0.5) is 5.69 Å².